The number of hydrogen-bond donors (Lipinski definition) is 1. The van der Waals surface area contributed by atoms with E-state index in [4.69, 9.17) is 0 Å². The molecule has 26 heavy (non-hydrogen) atoms. The normalized spacial score (nSPS) is 12.2. The number of benzene rings is 1. The van der Waals surface area contributed by atoms with Crippen molar-refractivity contribution in [3.05, 3.63) is 58.8 Å². The molecule has 0 fully saturated rings. The van der Waals surface area contributed by atoms with Gasteiger partial charge < -0.3 is 9.47 Å². The first kappa shape index (κ1) is 20.0. The molecule has 0 bridgehead atoms. The molecule has 0 spiro atoms. The highest BCUT2D eigenvalue weighted by Crippen LogP contribution is 2.22. The lowest BCUT2D eigenvalue weighted by Gasteiger charge is -2.21. The maximum Gasteiger partial charge on any atom is 0.214 e. The zero-order valence-electron chi connectivity index (χ0n) is 15.6. The van der Waals surface area contributed by atoms with E-state index in [-0.39, 0.29) is 0 Å². The van der Waals surface area contributed by atoms with Crippen LogP contribution in [0.25, 0.3) is 11.8 Å². The second kappa shape index (κ2) is 10.6. The number of hydrogen-bond acceptors (Lipinski definition) is 2. The maximum atomic E-state index is 4.46. The number of aromatic nitrogens is 1. The average molecular weight is 416 g/mol. The number of allylic oxidation sites excluding steroid dienone is 1. The minimum atomic E-state index is 0.726. The zero-order valence-corrected chi connectivity index (χ0v) is 17.1. The van der Waals surface area contributed by atoms with E-state index in [2.05, 4.69) is 66.9 Å². The summed E-state index contributed by atoms with van der Waals surface area (Å²) in [5.74, 6) is 0.804. The second-order valence-corrected chi connectivity index (χ2v) is 6.33. The van der Waals surface area contributed by atoms with Crippen molar-refractivity contribution in [3.8, 4) is 5.69 Å². The molecule has 1 aromatic carbocycles. The molecule has 0 aliphatic carbocycles. The van der Waals surface area contributed by atoms with Crippen molar-refractivity contribution in [3.63, 3.8) is 0 Å². The fourth-order valence-electron chi connectivity index (χ4n) is 2.56. The molecule has 2 rings (SSSR count). The molecule has 1 N–H and O–H groups in total. The number of aliphatic imine (C=N–C) groups is 1. The molecule has 6 heteroatoms. The van der Waals surface area contributed by atoms with Crippen LogP contribution in [-0.2, 0) is 0 Å². The van der Waals surface area contributed by atoms with Crippen LogP contribution in [-0.4, -0.2) is 41.3 Å². The van der Waals surface area contributed by atoms with Crippen molar-refractivity contribution in [2.24, 2.45) is 10.1 Å². The van der Waals surface area contributed by atoms with Crippen molar-refractivity contribution >= 4 is 34.2 Å². The van der Waals surface area contributed by atoms with E-state index in [1.165, 1.54) is 0 Å². The average Bonchev–Trinajstić information content (AvgIpc) is 3.11. The van der Waals surface area contributed by atoms with Crippen LogP contribution in [0.15, 0.2) is 63.2 Å². The molecule has 0 radical (unpaired) electrons. The predicted molar refractivity (Wildman–Crippen MR) is 115 cm³/mol. The smallest absolute Gasteiger partial charge is 0.214 e. The molecule has 0 aliphatic heterocycles. The quantitative estimate of drug-likeness (QED) is 0.409. The van der Waals surface area contributed by atoms with E-state index in [0.29, 0.717) is 0 Å². The van der Waals surface area contributed by atoms with Gasteiger partial charge >= 0.3 is 0 Å². The van der Waals surface area contributed by atoms with Gasteiger partial charge in [0.05, 0.1) is 5.69 Å². The molecule has 1 heterocycles. The van der Waals surface area contributed by atoms with E-state index >= 15 is 0 Å². The summed E-state index contributed by atoms with van der Waals surface area (Å²) in [6.07, 6.45) is 7.73. The van der Waals surface area contributed by atoms with Gasteiger partial charge in [0.1, 0.15) is 0 Å². The van der Waals surface area contributed by atoms with Crippen molar-refractivity contribution in [1.82, 2.24) is 14.9 Å². The zero-order chi connectivity index (χ0) is 18.8. The van der Waals surface area contributed by atoms with E-state index in [1.807, 2.05) is 49.5 Å². The lowest BCUT2D eigenvalue weighted by Crippen LogP contribution is -2.39. The first-order chi connectivity index (χ1) is 12.7. The Morgan fingerprint density at radius 3 is 2.62 bits per heavy atom. The molecule has 5 nitrogen and oxygen atoms in total. The molecule has 0 unspecified atom stereocenters. The highest BCUT2D eigenvalue weighted by atomic mass is 79.9. The standard InChI is InChI=1S/C20H26BrN5/c1-4-22-20(25(5-2)6-3)24-23-15-9-11-17-12-10-16-26(17)19-14-8-7-13-18(19)21/h7-16H,4-6H2,1-3H3,(H,22,24)/b11-9+,23-15+. The third-order valence-corrected chi connectivity index (χ3v) is 4.53. The molecule has 0 amide bonds. The summed E-state index contributed by atoms with van der Waals surface area (Å²) >= 11 is 3.60. The Hall–Kier alpha value is -2.34. The van der Waals surface area contributed by atoms with Crippen LogP contribution in [0.1, 0.15) is 26.5 Å². The summed E-state index contributed by atoms with van der Waals surface area (Å²) in [6.45, 7) is 8.75. The molecule has 138 valence electrons. The van der Waals surface area contributed by atoms with Crippen LogP contribution in [0, 0.1) is 0 Å². The number of rotatable bonds is 7. The topological polar surface area (TPSA) is 44.9 Å². The Kier molecular flexibility index (Phi) is 8.15. The van der Waals surface area contributed by atoms with Crippen molar-refractivity contribution in [1.29, 1.82) is 0 Å². The molecule has 0 aliphatic rings. The van der Waals surface area contributed by atoms with Gasteiger partial charge in [-0.15, -0.1) is 0 Å². The van der Waals surface area contributed by atoms with Crippen LogP contribution < -0.4 is 5.43 Å². The molecule has 2 aromatic rings. The van der Waals surface area contributed by atoms with Crippen molar-refractivity contribution in [2.75, 3.05) is 19.6 Å². The van der Waals surface area contributed by atoms with Crippen LogP contribution in [0.3, 0.4) is 0 Å². The largest absolute Gasteiger partial charge is 0.342 e. The van der Waals surface area contributed by atoms with Gasteiger partial charge in [-0.05, 0) is 73.1 Å². The number of guanidine groups is 1. The molecule has 0 saturated carbocycles. The Bertz CT molecular complexity index is 772. The minimum absolute atomic E-state index is 0.726. The van der Waals surface area contributed by atoms with Gasteiger partial charge in [0.25, 0.3) is 0 Å². The molecule has 1 aromatic heterocycles. The van der Waals surface area contributed by atoms with Crippen molar-refractivity contribution < 1.29 is 0 Å². The van der Waals surface area contributed by atoms with Crippen molar-refractivity contribution in [2.45, 2.75) is 20.8 Å². The third-order valence-electron chi connectivity index (χ3n) is 3.86. The van der Waals surface area contributed by atoms with Crippen LogP contribution in [0.5, 0.6) is 0 Å². The Balaban J connectivity index is 2.05. The fourth-order valence-corrected chi connectivity index (χ4v) is 3.03. The summed E-state index contributed by atoms with van der Waals surface area (Å²) in [5, 5.41) is 4.27. The van der Waals surface area contributed by atoms with Gasteiger partial charge in [-0.1, -0.05) is 12.1 Å². The lowest BCUT2D eigenvalue weighted by molar-refractivity contribution is 0.446. The van der Waals surface area contributed by atoms with Gasteiger partial charge in [0.2, 0.25) is 5.96 Å². The van der Waals surface area contributed by atoms with Gasteiger partial charge in [0.15, 0.2) is 0 Å². The molecule has 0 atom stereocenters. The Morgan fingerprint density at radius 1 is 1.15 bits per heavy atom. The Labute approximate surface area is 164 Å². The minimum Gasteiger partial charge on any atom is -0.342 e. The molecular formula is C20H26BrN5. The number of hydrazone groups is 1. The Morgan fingerprint density at radius 2 is 1.92 bits per heavy atom. The number of halogens is 1. The number of nitrogens with one attached hydrogen (secondary N) is 1. The molecule has 0 saturated heterocycles. The summed E-state index contributed by atoms with van der Waals surface area (Å²) in [6, 6.07) is 12.2. The second-order valence-electron chi connectivity index (χ2n) is 5.47. The van der Waals surface area contributed by atoms with Gasteiger partial charge in [-0.25, -0.2) is 5.43 Å². The molecular weight excluding hydrogens is 390 g/mol. The SMILES string of the molecule is CCN=C(N/N=C/C=C/c1cccn1-c1ccccc1Br)N(CC)CC. The summed E-state index contributed by atoms with van der Waals surface area (Å²) in [5.41, 5.74) is 5.22. The first-order valence-corrected chi connectivity index (χ1v) is 9.67. The van der Waals surface area contributed by atoms with Crippen LogP contribution in [0.4, 0.5) is 0 Å². The van der Waals surface area contributed by atoms with E-state index < -0.39 is 0 Å². The first-order valence-electron chi connectivity index (χ1n) is 8.88. The summed E-state index contributed by atoms with van der Waals surface area (Å²) < 4.78 is 3.18. The lowest BCUT2D eigenvalue weighted by atomic mass is 10.3. The third kappa shape index (κ3) is 5.33. The highest BCUT2D eigenvalue weighted by molar-refractivity contribution is 9.10. The number of para-hydroxylation sites is 1. The van der Waals surface area contributed by atoms with Gasteiger partial charge in [0, 0.05) is 42.2 Å². The van der Waals surface area contributed by atoms with Gasteiger partial charge in [-0.2, -0.15) is 5.10 Å². The summed E-state index contributed by atoms with van der Waals surface area (Å²) in [4.78, 5) is 6.60. The monoisotopic (exact) mass is 415 g/mol. The van der Waals surface area contributed by atoms with E-state index in [9.17, 15) is 0 Å². The van der Waals surface area contributed by atoms with Crippen LogP contribution >= 0.6 is 15.9 Å². The fraction of sp³-hybridized carbons (Fsp3) is 0.300. The van der Waals surface area contributed by atoms with E-state index in [1.54, 1.807) is 6.21 Å². The van der Waals surface area contributed by atoms with E-state index in [0.717, 1.165) is 41.4 Å². The van der Waals surface area contributed by atoms with Crippen LogP contribution in [0.2, 0.25) is 0 Å². The number of nitrogens with zero attached hydrogens (tertiary/aromatic N) is 4. The maximum absolute atomic E-state index is 4.46. The highest BCUT2D eigenvalue weighted by Gasteiger charge is 2.05. The van der Waals surface area contributed by atoms with Gasteiger partial charge in [-0.3, -0.25) is 4.99 Å². The summed E-state index contributed by atoms with van der Waals surface area (Å²) in [7, 11) is 0. The predicted octanol–water partition coefficient (Wildman–Crippen LogP) is 4.55.